The lowest BCUT2D eigenvalue weighted by molar-refractivity contribution is -0.137. The number of rotatable bonds is 3. The van der Waals surface area contributed by atoms with Crippen LogP contribution in [0, 0.1) is 0 Å². The molecule has 0 amide bonds. The minimum atomic E-state index is -4.35. The van der Waals surface area contributed by atoms with E-state index in [-0.39, 0.29) is 6.42 Å². The van der Waals surface area contributed by atoms with E-state index in [1.807, 2.05) is 0 Å². The molecule has 0 radical (unpaired) electrons. The lowest BCUT2D eigenvalue weighted by atomic mass is 9.98. The van der Waals surface area contributed by atoms with Gasteiger partial charge in [0.25, 0.3) is 0 Å². The van der Waals surface area contributed by atoms with Crippen LogP contribution in [-0.4, -0.2) is 0 Å². The zero-order valence-electron chi connectivity index (χ0n) is 10.8. The van der Waals surface area contributed by atoms with E-state index in [0.29, 0.717) is 16.1 Å². The topological polar surface area (TPSA) is 26.0 Å². The van der Waals surface area contributed by atoms with Crippen molar-refractivity contribution in [1.82, 2.24) is 0 Å². The Balaban J connectivity index is 2.23. The van der Waals surface area contributed by atoms with Crippen molar-refractivity contribution in [2.75, 3.05) is 0 Å². The third-order valence-electron chi connectivity index (χ3n) is 3.07. The predicted octanol–water partition coefficient (Wildman–Crippen LogP) is 5.36. The van der Waals surface area contributed by atoms with Crippen LogP contribution in [-0.2, 0) is 12.6 Å². The van der Waals surface area contributed by atoms with E-state index < -0.39 is 17.8 Å². The lowest BCUT2D eigenvalue weighted by Gasteiger charge is -2.15. The maximum Gasteiger partial charge on any atom is 0.416 e. The van der Waals surface area contributed by atoms with Crippen molar-refractivity contribution in [3.05, 3.63) is 68.7 Å². The van der Waals surface area contributed by atoms with Crippen molar-refractivity contribution < 1.29 is 13.2 Å². The second-order valence-corrected chi connectivity index (χ2v) is 6.00. The number of hydrogen-bond acceptors (Lipinski definition) is 1. The van der Waals surface area contributed by atoms with Gasteiger partial charge in [0, 0.05) is 15.5 Å². The lowest BCUT2D eigenvalue weighted by Crippen LogP contribution is -2.14. The molecular formula is C15H12BrClF3N. The van der Waals surface area contributed by atoms with E-state index in [0.717, 1.165) is 16.6 Å². The molecule has 0 aromatic heterocycles. The molecule has 0 spiro atoms. The normalized spacial score (nSPS) is 13.2. The Hall–Kier alpha value is -1.04. The average molecular weight is 379 g/mol. The number of hydrogen-bond donors (Lipinski definition) is 1. The summed E-state index contributed by atoms with van der Waals surface area (Å²) in [5.74, 6) is 0. The second kappa shape index (κ2) is 6.38. The van der Waals surface area contributed by atoms with E-state index in [9.17, 15) is 13.2 Å². The summed E-state index contributed by atoms with van der Waals surface area (Å²) in [5.41, 5.74) is 6.62. The van der Waals surface area contributed by atoms with Crippen molar-refractivity contribution in [2.24, 2.45) is 5.73 Å². The van der Waals surface area contributed by atoms with Gasteiger partial charge in [-0.1, -0.05) is 45.7 Å². The minimum absolute atomic E-state index is 0.278. The monoisotopic (exact) mass is 377 g/mol. The fourth-order valence-electron chi connectivity index (χ4n) is 2.04. The molecule has 112 valence electrons. The molecule has 1 unspecified atom stereocenters. The first-order chi connectivity index (χ1) is 9.77. The average Bonchev–Trinajstić information content (AvgIpc) is 2.41. The maximum absolute atomic E-state index is 12.7. The molecule has 0 aliphatic rings. The zero-order valence-corrected chi connectivity index (χ0v) is 13.1. The van der Waals surface area contributed by atoms with Crippen LogP contribution in [0.5, 0.6) is 0 Å². The Bertz CT molecular complexity index is 643. The van der Waals surface area contributed by atoms with Crippen LogP contribution in [0.15, 0.2) is 46.9 Å². The van der Waals surface area contributed by atoms with Crippen LogP contribution in [0.2, 0.25) is 5.02 Å². The van der Waals surface area contributed by atoms with E-state index >= 15 is 0 Å². The van der Waals surface area contributed by atoms with E-state index in [4.69, 9.17) is 17.3 Å². The Morgan fingerprint density at radius 2 is 1.86 bits per heavy atom. The molecular weight excluding hydrogens is 367 g/mol. The minimum Gasteiger partial charge on any atom is -0.324 e. The van der Waals surface area contributed by atoms with E-state index in [1.54, 1.807) is 24.3 Å². The number of benzene rings is 2. The second-order valence-electron chi connectivity index (χ2n) is 4.67. The van der Waals surface area contributed by atoms with Gasteiger partial charge < -0.3 is 5.73 Å². The van der Waals surface area contributed by atoms with Crippen molar-refractivity contribution in [3.63, 3.8) is 0 Å². The highest BCUT2D eigenvalue weighted by atomic mass is 79.9. The summed E-state index contributed by atoms with van der Waals surface area (Å²) < 4.78 is 38.9. The van der Waals surface area contributed by atoms with Gasteiger partial charge in [-0.15, -0.1) is 0 Å². The molecule has 0 aliphatic heterocycles. The zero-order chi connectivity index (χ0) is 15.6. The van der Waals surface area contributed by atoms with Crippen molar-refractivity contribution in [3.8, 4) is 0 Å². The molecule has 6 heteroatoms. The van der Waals surface area contributed by atoms with Gasteiger partial charge in [-0.3, -0.25) is 0 Å². The van der Waals surface area contributed by atoms with Gasteiger partial charge >= 0.3 is 6.18 Å². The maximum atomic E-state index is 12.7. The van der Waals surface area contributed by atoms with Crippen molar-refractivity contribution in [2.45, 2.75) is 18.6 Å². The number of halogens is 5. The summed E-state index contributed by atoms with van der Waals surface area (Å²) in [6.45, 7) is 0. The Labute approximate surface area is 134 Å². The van der Waals surface area contributed by atoms with Gasteiger partial charge in [0.1, 0.15) is 0 Å². The quantitative estimate of drug-likeness (QED) is 0.764. The third kappa shape index (κ3) is 4.22. The smallest absolute Gasteiger partial charge is 0.324 e. The van der Waals surface area contributed by atoms with Gasteiger partial charge in [-0.25, -0.2) is 0 Å². The Morgan fingerprint density at radius 1 is 1.14 bits per heavy atom. The van der Waals surface area contributed by atoms with Gasteiger partial charge in [-0.05, 0) is 41.8 Å². The molecule has 0 saturated carbocycles. The molecule has 2 aromatic rings. The molecule has 1 atom stereocenters. The summed E-state index contributed by atoms with van der Waals surface area (Å²) >= 11 is 9.41. The third-order valence-corrected chi connectivity index (χ3v) is 3.90. The predicted molar refractivity (Wildman–Crippen MR) is 81.2 cm³/mol. The molecule has 0 aliphatic carbocycles. The first-order valence-corrected chi connectivity index (χ1v) is 7.31. The summed E-state index contributed by atoms with van der Waals surface area (Å²) in [4.78, 5) is 0. The van der Waals surface area contributed by atoms with Gasteiger partial charge in [-0.2, -0.15) is 13.2 Å². The Kier molecular flexibility index (Phi) is 4.96. The molecule has 2 N–H and O–H groups in total. The highest BCUT2D eigenvalue weighted by Gasteiger charge is 2.30. The SMILES string of the molecule is NC(Cc1cccc(C(F)(F)F)c1)c1cc(Br)ccc1Cl. The summed E-state index contributed by atoms with van der Waals surface area (Å²) in [6, 6.07) is 9.95. The Morgan fingerprint density at radius 3 is 2.52 bits per heavy atom. The molecule has 0 bridgehead atoms. The van der Waals surface area contributed by atoms with Crippen LogP contribution in [0.4, 0.5) is 13.2 Å². The van der Waals surface area contributed by atoms with Crippen molar-refractivity contribution >= 4 is 27.5 Å². The standard InChI is InChI=1S/C15H12BrClF3N/c16-11-4-5-13(17)12(8-11)14(21)7-9-2-1-3-10(6-9)15(18,19)20/h1-6,8,14H,7,21H2. The summed E-state index contributed by atoms with van der Waals surface area (Å²) in [5, 5.41) is 0.498. The van der Waals surface area contributed by atoms with Crippen molar-refractivity contribution in [1.29, 1.82) is 0 Å². The van der Waals surface area contributed by atoms with E-state index in [1.165, 1.54) is 6.07 Å². The molecule has 1 nitrogen and oxygen atoms in total. The molecule has 0 saturated heterocycles. The van der Waals surface area contributed by atoms with Crippen LogP contribution in [0.25, 0.3) is 0 Å². The fraction of sp³-hybridized carbons (Fsp3) is 0.200. The largest absolute Gasteiger partial charge is 0.416 e. The first-order valence-electron chi connectivity index (χ1n) is 6.14. The van der Waals surface area contributed by atoms with Crippen LogP contribution < -0.4 is 5.73 Å². The number of nitrogens with two attached hydrogens (primary N) is 1. The molecule has 2 aromatic carbocycles. The first kappa shape index (κ1) is 16.3. The highest BCUT2D eigenvalue weighted by molar-refractivity contribution is 9.10. The fourth-order valence-corrected chi connectivity index (χ4v) is 2.67. The highest BCUT2D eigenvalue weighted by Crippen LogP contribution is 2.31. The summed E-state index contributed by atoms with van der Waals surface area (Å²) in [6.07, 6.45) is -4.08. The molecule has 2 rings (SSSR count). The molecule has 0 heterocycles. The summed E-state index contributed by atoms with van der Waals surface area (Å²) in [7, 11) is 0. The number of alkyl halides is 3. The van der Waals surface area contributed by atoms with Crippen LogP contribution in [0.1, 0.15) is 22.7 Å². The van der Waals surface area contributed by atoms with Gasteiger partial charge in [0.05, 0.1) is 5.56 Å². The van der Waals surface area contributed by atoms with Crippen LogP contribution >= 0.6 is 27.5 Å². The molecule has 0 fully saturated rings. The molecule has 21 heavy (non-hydrogen) atoms. The van der Waals surface area contributed by atoms with Gasteiger partial charge in [0.2, 0.25) is 0 Å². The van der Waals surface area contributed by atoms with Crippen LogP contribution in [0.3, 0.4) is 0 Å². The van der Waals surface area contributed by atoms with E-state index in [2.05, 4.69) is 15.9 Å². The van der Waals surface area contributed by atoms with Gasteiger partial charge in [0.15, 0.2) is 0 Å².